The van der Waals surface area contributed by atoms with Crippen molar-refractivity contribution < 1.29 is 27.7 Å². The minimum Gasteiger partial charge on any atom is -0.362 e. The molecule has 0 radical (unpaired) electrons. The van der Waals surface area contributed by atoms with Gasteiger partial charge in [-0.25, -0.2) is 0 Å². The highest BCUT2D eigenvalue weighted by atomic mass is 32.1. The van der Waals surface area contributed by atoms with Crippen LogP contribution in [0.4, 0.5) is 24.5 Å². The Morgan fingerprint density at radius 3 is 2.47 bits per heavy atom. The SMILES string of the molecule is O=C(NCCCC(=O)N1CCN(c2ccc(C(F)(F)F)cc2[N+](=O)[O-])CC1)c1cccs1. The molecule has 0 saturated carbocycles. The van der Waals surface area contributed by atoms with Crippen LogP contribution in [0.5, 0.6) is 0 Å². The Balaban J connectivity index is 1.49. The number of nitrogens with zero attached hydrogens (tertiary/aromatic N) is 3. The van der Waals surface area contributed by atoms with Gasteiger partial charge in [-0.05, 0) is 30.0 Å². The Morgan fingerprint density at radius 1 is 1.16 bits per heavy atom. The summed E-state index contributed by atoms with van der Waals surface area (Å²) >= 11 is 1.33. The summed E-state index contributed by atoms with van der Waals surface area (Å²) in [6, 6.07) is 5.96. The standard InChI is InChI=1S/C20H21F3N4O4S/c21-20(22,23)14-5-6-15(16(13-14)27(30)31)25-8-10-26(11-9-25)18(28)4-1-7-24-19(29)17-3-2-12-32-17/h2-3,5-6,12-13H,1,4,7-11H2,(H,24,29). The van der Waals surface area contributed by atoms with Crippen LogP contribution < -0.4 is 10.2 Å². The molecule has 2 aromatic rings. The molecule has 2 heterocycles. The van der Waals surface area contributed by atoms with E-state index in [-0.39, 0.29) is 37.0 Å². The predicted octanol–water partition coefficient (Wildman–Crippen LogP) is 3.53. The first-order valence-electron chi connectivity index (χ1n) is 9.87. The summed E-state index contributed by atoms with van der Waals surface area (Å²) in [6.07, 6.45) is -3.96. The average molecular weight is 470 g/mol. The number of anilines is 1. The number of halogens is 3. The fourth-order valence-electron chi connectivity index (χ4n) is 3.40. The number of hydrogen-bond donors (Lipinski definition) is 1. The molecule has 1 fully saturated rings. The molecule has 0 unspecified atom stereocenters. The maximum Gasteiger partial charge on any atom is 0.416 e. The lowest BCUT2D eigenvalue weighted by Gasteiger charge is -2.36. The number of thiophene rings is 1. The van der Waals surface area contributed by atoms with Crippen LogP contribution in [0.25, 0.3) is 0 Å². The van der Waals surface area contributed by atoms with Gasteiger partial charge in [-0.1, -0.05) is 6.07 Å². The molecule has 32 heavy (non-hydrogen) atoms. The van der Waals surface area contributed by atoms with Crippen molar-refractivity contribution in [1.29, 1.82) is 0 Å². The number of carbonyl (C=O) groups is 2. The number of hydrogen-bond acceptors (Lipinski definition) is 6. The minimum absolute atomic E-state index is 0.100. The van der Waals surface area contributed by atoms with E-state index in [1.54, 1.807) is 27.3 Å². The smallest absolute Gasteiger partial charge is 0.362 e. The maximum atomic E-state index is 12.9. The molecule has 1 saturated heterocycles. The van der Waals surface area contributed by atoms with Crippen molar-refractivity contribution in [2.75, 3.05) is 37.6 Å². The number of nitrogens with one attached hydrogen (secondary N) is 1. The third-order valence-corrected chi connectivity index (χ3v) is 5.94. The van der Waals surface area contributed by atoms with Crippen molar-refractivity contribution in [2.45, 2.75) is 19.0 Å². The second-order valence-electron chi connectivity index (χ2n) is 7.16. The van der Waals surface area contributed by atoms with E-state index in [0.29, 0.717) is 37.0 Å². The van der Waals surface area contributed by atoms with Crippen molar-refractivity contribution in [3.8, 4) is 0 Å². The number of rotatable bonds is 7. The summed E-state index contributed by atoms with van der Waals surface area (Å²) in [5, 5.41) is 15.9. The lowest BCUT2D eigenvalue weighted by molar-refractivity contribution is -0.384. The molecule has 3 rings (SSSR count). The molecule has 0 aliphatic carbocycles. The van der Waals surface area contributed by atoms with Crippen molar-refractivity contribution in [2.24, 2.45) is 0 Å². The van der Waals surface area contributed by atoms with Crippen molar-refractivity contribution in [3.05, 3.63) is 56.3 Å². The monoisotopic (exact) mass is 470 g/mol. The van der Waals surface area contributed by atoms with E-state index in [9.17, 15) is 32.9 Å². The van der Waals surface area contributed by atoms with Crippen LogP contribution in [0, 0.1) is 10.1 Å². The van der Waals surface area contributed by atoms with Crippen LogP contribution in [-0.2, 0) is 11.0 Å². The molecule has 8 nitrogen and oxygen atoms in total. The van der Waals surface area contributed by atoms with Crippen molar-refractivity contribution in [1.82, 2.24) is 10.2 Å². The van der Waals surface area contributed by atoms with Gasteiger partial charge in [-0.15, -0.1) is 11.3 Å². The van der Waals surface area contributed by atoms with Gasteiger partial charge in [-0.3, -0.25) is 19.7 Å². The highest BCUT2D eigenvalue weighted by Crippen LogP contribution is 2.36. The molecular formula is C20H21F3N4O4S. The lowest BCUT2D eigenvalue weighted by atomic mass is 10.1. The Bertz CT molecular complexity index is 974. The molecule has 2 amide bonds. The van der Waals surface area contributed by atoms with Crippen LogP contribution in [0.15, 0.2) is 35.7 Å². The molecule has 0 atom stereocenters. The molecule has 1 aliphatic rings. The van der Waals surface area contributed by atoms with Gasteiger partial charge in [0.1, 0.15) is 5.69 Å². The van der Waals surface area contributed by atoms with E-state index in [4.69, 9.17) is 0 Å². The third-order valence-electron chi connectivity index (χ3n) is 5.07. The van der Waals surface area contributed by atoms with Gasteiger partial charge in [-0.2, -0.15) is 13.2 Å². The lowest BCUT2D eigenvalue weighted by Crippen LogP contribution is -2.49. The summed E-state index contributed by atoms with van der Waals surface area (Å²) in [5.41, 5.74) is -1.58. The first kappa shape index (κ1) is 23.5. The first-order valence-corrected chi connectivity index (χ1v) is 10.7. The zero-order valence-corrected chi connectivity index (χ0v) is 17.7. The number of nitro groups is 1. The van der Waals surface area contributed by atoms with E-state index in [1.807, 2.05) is 0 Å². The topological polar surface area (TPSA) is 95.8 Å². The van der Waals surface area contributed by atoms with Gasteiger partial charge in [0, 0.05) is 45.2 Å². The van der Waals surface area contributed by atoms with E-state index in [2.05, 4.69) is 5.32 Å². The molecule has 12 heteroatoms. The normalized spacial score (nSPS) is 14.3. The molecule has 1 aliphatic heterocycles. The number of amides is 2. The first-order chi connectivity index (χ1) is 15.2. The molecule has 172 valence electrons. The van der Waals surface area contributed by atoms with E-state index in [1.165, 1.54) is 11.3 Å². The van der Waals surface area contributed by atoms with Crippen molar-refractivity contribution in [3.63, 3.8) is 0 Å². The van der Waals surface area contributed by atoms with Crippen LogP contribution >= 0.6 is 11.3 Å². The van der Waals surface area contributed by atoms with E-state index in [0.717, 1.165) is 12.1 Å². The molecule has 0 spiro atoms. The summed E-state index contributed by atoms with van der Waals surface area (Å²) in [5.74, 6) is -0.281. The molecule has 0 bridgehead atoms. The number of piperazine rings is 1. The highest BCUT2D eigenvalue weighted by molar-refractivity contribution is 7.12. The Morgan fingerprint density at radius 2 is 1.88 bits per heavy atom. The number of benzene rings is 1. The van der Waals surface area contributed by atoms with E-state index < -0.39 is 22.4 Å². The molecular weight excluding hydrogens is 449 g/mol. The van der Waals surface area contributed by atoms with Gasteiger partial charge >= 0.3 is 6.18 Å². The van der Waals surface area contributed by atoms with Crippen LogP contribution in [0.2, 0.25) is 0 Å². The summed E-state index contributed by atoms with van der Waals surface area (Å²) in [4.78, 5) is 38.6. The molecule has 1 aromatic carbocycles. The van der Waals surface area contributed by atoms with E-state index >= 15 is 0 Å². The van der Waals surface area contributed by atoms with Gasteiger partial charge in [0.25, 0.3) is 11.6 Å². The highest BCUT2D eigenvalue weighted by Gasteiger charge is 2.34. The molecule has 1 aromatic heterocycles. The van der Waals surface area contributed by atoms with Crippen LogP contribution in [-0.4, -0.2) is 54.4 Å². The Hall–Kier alpha value is -3.15. The third kappa shape index (κ3) is 5.75. The zero-order valence-electron chi connectivity index (χ0n) is 16.9. The fraction of sp³-hybridized carbons (Fsp3) is 0.400. The van der Waals surface area contributed by atoms with Crippen LogP contribution in [0.3, 0.4) is 0 Å². The summed E-state index contributed by atoms with van der Waals surface area (Å²) in [7, 11) is 0. The zero-order chi connectivity index (χ0) is 23.3. The Kier molecular flexibility index (Phi) is 7.33. The van der Waals surface area contributed by atoms with Gasteiger partial charge < -0.3 is 15.1 Å². The molecule has 1 N–H and O–H groups in total. The number of alkyl halides is 3. The van der Waals surface area contributed by atoms with Crippen LogP contribution in [0.1, 0.15) is 28.1 Å². The maximum absolute atomic E-state index is 12.9. The summed E-state index contributed by atoms with van der Waals surface area (Å²) < 4.78 is 38.7. The van der Waals surface area contributed by atoms with Gasteiger partial charge in [0.15, 0.2) is 0 Å². The average Bonchev–Trinajstić information content (AvgIpc) is 3.30. The summed E-state index contributed by atoms with van der Waals surface area (Å²) in [6.45, 7) is 1.51. The van der Waals surface area contributed by atoms with Gasteiger partial charge in [0.05, 0.1) is 15.4 Å². The largest absolute Gasteiger partial charge is 0.416 e. The minimum atomic E-state index is -4.67. The Labute approximate surface area is 185 Å². The quantitative estimate of drug-likeness (QED) is 0.380. The number of carbonyl (C=O) groups excluding carboxylic acids is 2. The fourth-order valence-corrected chi connectivity index (χ4v) is 4.04. The van der Waals surface area contributed by atoms with Gasteiger partial charge in [0.2, 0.25) is 5.91 Å². The van der Waals surface area contributed by atoms with Crippen molar-refractivity contribution >= 4 is 34.5 Å². The second-order valence-corrected chi connectivity index (χ2v) is 8.11. The second kappa shape index (κ2) is 9.98. The number of nitro benzene ring substituents is 1. The predicted molar refractivity (Wildman–Crippen MR) is 113 cm³/mol.